The number of hydrogen-bond donors (Lipinski definition) is 1. The maximum atomic E-state index is 13.6. The number of halogens is 2. The summed E-state index contributed by atoms with van der Waals surface area (Å²) in [5.74, 6) is -0.786. The summed E-state index contributed by atoms with van der Waals surface area (Å²) in [5, 5.41) is 8.05. The van der Waals surface area contributed by atoms with E-state index in [4.69, 9.17) is 16.7 Å². The molecule has 38 heavy (non-hydrogen) atoms. The molecule has 0 bridgehead atoms. The lowest BCUT2D eigenvalue weighted by atomic mass is 9.92. The SMILES string of the molecule is CC(C(=O)N(C)c1cc(C(C)(C)C)nn1-c1cccc(Cl)c1)c1ccc(C(=O)Nc2cccc(F)c2)cc1. The molecule has 1 N–H and O–H groups in total. The molecule has 2 amide bonds. The third-order valence-electron chi connectivity index (χ3n) is 6.31. The van der Waals surface area contributed by atoms with E-state index in [9.17, 15) is 14.0 Å². The van der Waals surface area contributed by atoms with E-state index in [1.54, 1.807) is 59.1 Å². The molecule has 4 aromatic rings. The molecule has 196 valence electrons. The van der Waals surface area contributed by atoms with Crippen molar-refractivity contribution in [3.05, 3.63) is 107 Å². The molecule has 1 unspecified atom stereocenters. The molecule has 0 fully saturated rings. The summed E-state index contributed by atoms with van der Waals surface area (Å²) in [4.78, 5) is 27.8. The van der Waals surface area contributed by atoms with Gasteiger partial charge in [0.15, 0.2) is 0 Å². The van der Waals surface area contributed by atoms with Crippen LogP contribution in [0, 0.1) is 5.82 Å². The number of nitrogens with one attached hydrogen (secondary N) is 1. The number of hydrogen-bond acceptors (Lipinski definition) is 3. The summed E-state index contributed by atoms with van der Waals surface area (Å²) < 4.78 is 15.2. The first-order valence-corrected chi connectivity index (χ1v) is 12.6. The Hall–Kier alpha value is -3.97. The van der Waals surface area contributed by atoms with Crippen molar-refractivity contribution in [3.8, 4) is 5.69 Å². The lowest BCUT2D eigenvalue weighted by Crippen LogP contribution is -2.32. The monoisotopic (exact) mass is 532 g/mol. The highest BCUT2D eigenvalue weighted by atomic mass is 35.5. The maximum absolute atomic E-state index is 13.6. The minimum atomic E-state index is -0.485. The molecule has 0 aliphatic rings. The average molecular weight is 533 g/mol. The predicted molar refractivity (Wildman–Crippen MR) is 150 cm³/mol. The van der Waals surface area contributed by atoms with Crippen molar-refractivity contribution < 1.29 is 14.0 Å². The van der Waals surface area contributed by atoms with Gasteiger partial charge in [0.05, 0.1) is 17.3 Å². The molecule has 4 rings (SSSR count). The number of rotatable bonds is 6. The molecule has 0 aliphatic heterocycles. The van der Waals surface area contributed by atoms with Gasteiger partial charge in [-0.1, -0.05) is 56.6 Å². The zero-order chi connectivity index (χ0) is 27.6. The van der Waals surface area contributed by atoms with Gasteiger partial charge in [0, 0.05) is 34.8 Å². The number of anilines is 2. The second-order valence-electron chi connectivity index (χ2n) is 10.2. The van der Waals surface area contributed by atoms with E-state index in [1.807, 2.05) is 25.1 Å². The van der Waals surface area contributed by atoms with E-state index in [1.165, 1.54) is 18.2 Å². The molecule has 0 spiro atoms. The van der Waals surface area contributed by atoms with Crippen molar-refractivity contribution in [2.75, 3.05) is 17.3 Å². The fourth-order valence-electron chi connectivity index (χ4n) is 4.01. The third kappa shape index (κ3) is 5.94. The molecule has 0 aliphatic carbocycles. The standard InChI is InChI=1S/C30H30ClFN4O2/c1-19(20-12-14-21(15-13-20)28(37)33-24-10-7-9-23(32)17-24)29(38)35(5)27-18-26(30(2,3)4)34-36(27)25-11-6-8-22(31)16-25/h6-19H,1-5H3,(H,33,37). The van der Waals surface area contributed by atoms with Crippen molar-refractivity contribution in [1.29, 1.82) is 0 Å². The van der Waals surface area contributed by atoms with Crippen LogP contribution in [0.5, 0.6) is 0 Å². The van der Waals surface area contributed by atoms with Gasteiger partial charge >= 0.3 is 0 Å². The van der Waals surface area contributed by atoms with Gasteiger partial charge in [-0.05, 0) is 61.0 Å². The molecule has 0 saturated heterocycles. The fraction of sp³-hybridized carbons (Fsp3) is 0.233. The lowest BCUT2D eigenvalue weighted by Gasteiger charge is -2.22. The van der Waals surface area contributed by atoms with Gasteiger partial charge in [-0.25, -0.2) is 9.07 Å². The van der Waals surface area contributed by atoms with Gasteiger partial charge in [0.1, 0.15) is 11.6 Å². The molecular weight excluding hydrogens is 503 g/mol. The van der Waals surface area contributed by atoms with E-state index in [0.717, 1.165) is 16.9 Å². The maximum Gasteiger partial charge on any atom is 0.255 e. The van der Waals surface area contributed by atoms with Crippen molar-refractivity contribution in [3.63, 3.8) is 0 Å². The largest absolute Gasteiger partial charge is 0.322 e. The normalized spacial score (nSPS) is 12.2. The van der Waals surface area contributed by atoms with E-state index in [2.05, 4.69) is 26.1 Å². The van der Waals surface area contributed by atoms with Gasteiger partial charge in [-0.15, -0.1) is 0 Å². The summed E-state index contributed by atoms with van der Waals surface area (Å²) >= 11 is 6.24. The van der Waals surface area contributed by atoms with E-state index < -0.39 is 11.7 Å². The third-order valence-corrected chi connectivity index (χ3v) is 6.55. The molecule has 1 atom stereocenters. The minimum Gasteiger partial charge on any atom is -0.322 e. The smallest absolute Gasteiger partial charge is 0.255 e. The van der Waals surface area contributed by atoms with Crippen LogP contribution in [0.3, 0.4) is 0 Å². The predicted octanol–water partition coefficient (Wildman–Crippen LogP) is 6.98. The second-order valence-corrected chi connectivity index (χ2v) is 10.7. The van der Waals surface area contributed by atoms with Gasteiger partial charge in [-0.2, -0.15) is 5.10 Å². The Kier molecular flexibility index (Phi) is 7.69. The second kappa shape index (κ2) is 10.8. The van der Waals surface area contributed by atoms with Crippen LogP contribution in [-0.2, 0) is 10.2 Å². The van der Waals surface area contributed by atoms with Gasteiger partial charge < -0.3 is 5.32 Å². The summed E-state index contributed by atoms with van der Waals surface area (Å²) in [6.07, 6.45) is 0. The van der Waals surface area contributed by atoms with Crippen molar-refractivity contribution >= 4 is 34.9 Å². The number of amides is 2. The van der Waals surface area contributed by atoms with Crippen LogP contribution >= 0.6 is 11.6 Å². The molecule has 3 aromatic carbocycles. The van der Waals surface area contributed by atoms with Gasteiger partial charge in [-0.3, -0.25) is 14.5 Å². The van der Waals surface area contributed by atoms with Crippen molar-refractivity contribution in [1.82, 2.24) is 9.78 Å². The highest BCUT2D eigenvalue weighted by molar-refractivity contribution is 6.30. The number of benzene rings is 3. The van der Waals surface area contributed by atoms with Gasteiger partial charge in [0.25, 0.3) is 5.91 Å². The van der Waals surface area contributed by atoms with Crippen LogP contribution in [0.2, 0.25) is 5.02 Å². The summed E-state index contributed by atoms with van der Waals surface area (Å²) in [7, 11) is 1.73. The summed E-state index contributed by atoms with van der Waals surface area (Å²) in [6, 6.07) is 21.8. The number of nitrogens with zero attached hydrogens (tertiary/aromatic N) is 3. The minimum absolute atomic E-state index is 0.134. The van der Waals surface area contributed by atoms with E-state index in [0.29, 0.717) is 22.1 Å². The zero-order valence-electron chi connectivity index (χ0n) is 22.0. The Bertz CT molecular complexity index is 1470. The molecule has 8 heteroatoms. The highest BCUT2D eigenvalue weighted by Crippen LogP contribution is 2.30. The summed E-state index contributed by atoms with van der Waals surface area (Å²) in [6.45, 7) is 8.03. The van der Waals surface area contributed by atoms with Crippen LogP contribution in [0.15, 0.2) is 78.9 Å². The zero-order valence-corrected chi connectivity index (χ0v) is 22.8. The van der Waals surface area contributed by atoms with Crippen LogP contribution in [0.1, 0.15) is 55.2 Å². The van der Waals surface area contributed by atoms with Crippen LogP contribution < -0.4 is 10.2 Å². The van der Waals surface area contributed by atoms with E-state index in [-0.39, 0.29) is 17.2 Å². The first kappa shape index (κ1) is 27.1. The first-order chi connectivity index (χ1) is 17.9. The Balaban J connectivity index is 1.56. The molecule has 1 heterocycles. The number of carbonyl (C=O) groups is 2. The van der Waals surface area contributed by atoms with Crippen LogP contribution in [-0.4, -0.2) is 28.6 Å². The fourth-order valence-corrected chi connectivity index (χ4v) is 4.20. The molecule has 6 nitrogen and oxygen atoms in total. The number of likely N-dealkylation sites (N-methyl/N-ethyl adjacent to an activating group) is 1. The van der Waals surface area contributed by atoms with Crippen LogP contribution in [0.25, 0.3) is 5.69 Å². The molecule has 0 saturated carbocycles. The lowest BCUT2D eigenvalue weighted by molar-refractivity contribution is -0.119. The molecule has 0 radical (unpaired) electrons. The Labute approximate surface area is 227 Å². The average Bonchev–Trinajstić information content (AvgIpc) is 3.34. The summed E-state index contributed by atoms with van der Waals surface area (Å²) in [5.41, 5.74) is 2.90. The number of aromatic nitrogens is 2. The quantitative estimate of drug-likeness (QED) is 0.291. The molecule has 1 aromatic heterocycles. The first-order valence-electron chi connectivity index (χ1n) is 12.2. The van der Waals surface area contributed by atoms with E-state index >= 15 is 0 Å². The van der Waals surface area contributed by atoms with Crippen LogP contribution in [0.4, 0.5) is 15.9 Å². The molecular formula is C30H30ClFN4O2. The topological polar surface area (TPSA) is 67.2 Å². The Morgan fingerprint density at radius 3 is 2.32 bits per heavy atom. The number of carbonyl (C=O) groups excluding carboxylic acids is 2. The van der Waals surface area contributed by atoms with Crippen molar-refractivity contribution in [2.24, 2.45) is 0 Å². The Morgan fingerprint density at radius 2 is 1.68 bits per heavy atom. The van der Waals surface area contributed by atoms with Gasteiger partial charge in [0.2, 0.25) is 5.91 Å². The Morgan fingerprint density at radius 1 is 1.00 bits per heavy atom. The highest BCUT2D eigenvalue weighted by Gasteiger charge is 2.27. The van der Waals surface area contributed by atoms with Crippen molar-refractivity contribution in [2.45, 2.75) is 39.0 Å².